The fraction of sp³-hybridized carbons (Fsp3) is 0.200. The molecule has 166 valence electrons. The van der Waals surface area contributed by atoms with Gasteiger partial charge in [-0.15, -0.1) is 0 Å². The number of benzene rings is 3. The summed E-state index contributed by atoms with van der Waals surface area (Å²) in [6.45, 7) is 1.98. The van der Waals surface area contributed by atoms with E-state index in [0.717, 1.165) is 21.3 Å². The molecule has 0 fully saturated rings. The number of hydrogen-bond donors (Lipinski definition) is 2. The lowest BCUT2D eigenvalue weighted by molar-refractivity contribution is -0.123. The van der Waals surface area contributed by atoms with Gasteiger partial charge in [0.05, 0.1) is 13.7 Å². The first-order valence-electron chi connectivity index (χ1n) is 10.1. The number of methoxy groups -OCH3 is 1. The van der Waals surface area contributed by atoms with Crippen LogP contribution in [-0.2, 0) is 9.59 Å². The number of amides is 2. The Hall–Kier alpha value is -3.16. The molecular formula is C25H26BrN3O3. The van der Waals surface area contributed by atoms with E-state index in [0.29, 0.717) is 11.4 Å². The first kappa shape index (κ1) is 23.5. The van der Waals surface area contributed by atoms with Crippen LogP contribution in [0.5, 0.6) is 5.75 Å². The molecule has 1 unspecified atom stereocenters. The third kappa shape index (κ3) is 6.18. The van der Waals surface area contributed by atoms with Crippen LogP contribution in [0.3, 0.4) is 0 Å². The Morgan fingerprint density at radius 3 is 2.31 bits per heavy atom. The lowest BCUT2D eigenvalue weighted by Gasteiger charge is -2.27. The Morgan fingerprint density at radius 1 is 1.00 bits per heavy atom. The maximum absolute atomic E-state index is 13.2. The molecule has 3 rings (SSSR count). The molecule has 0 aliphatic rings. The number of halogens is 1. The summed E-state index contributed by atoms with van der Waals surface area (Å²) < 4.78 is 6.12. The van der Waals surface area contributed by atoms with Crippen molar-refractivity contribution in [3.05, 3.63) is 88.4 Å². The van der Waals surface area contributed by atoms with Crippen molar-refractivity contribution < 1.29 is 14.3 Å². The maximum atomic E-state index is 13.2. The predicted octanol–water partition coefficient (Wildman–Crippen LogP) is 5.02. The number of nitrogens with zero attached hydrogens (tertiary/aromatic N) is 1. The van der Waals surface area contributed by atoms with Gasteiger partial charge in [-0.25, -0.2) is 0 Å². The van der Waals surface area contributed by atoms with Gasteiger partial charge in [-0.05, 0) is 67.6 Å². The summed E-state index contributed by atoms with van der Waals surface area (Å²) in [5.74, 6) is 0.284. The first-order valence-corrected chi connectivity index (χ1v) is 10.9. The zero-order valence-corrected chi connectivity index (χ0v) is 19.8. The molecule has 1 atom stereocenters. The van der Waals surface area contributed by atoms with Crippen molar-refractivity contribution in [2.45, 2.75) is 13.0 Å². The molecule has 3 aromatic rings. The summed E-state index contributed by atoms with van der Waals surface area (Å²) in [6.07, 6.45) is 0. The number of carbonyl (C=O) groups excluding carboxylic acids is 2. The van der Waals surface area contributed by atoms with Crippen LogP contribution in [0.2, 0.25) is 0 Å². The van der Waals surface area contributed by atoms with Gasteiger partial charge >= 0.3 is 0 Å². The number of anilines is 2. The Bertz CT molecular complexity index is 1070. The van der Waals surface area contributed by atoms with Gasteiger partial charge in [0.25, 0.3) is 0 Å². The van der Waals surface area contributed by atoms with Crippen molar-refractivity contribution in [2.24, 2.45) is 0 Å². The zero-order valence-electron chi connectivity index (χ0n) is 18.3. The highest BCUT2D eigenvalue weighted by atomic mass is 79.9. The van der Waals surface area contributed by atoms with Crippen LogP contribution in [-0.4, -0.2) is 37.4 Å². The molecule has 0 saturated heterocycles. The summed E-state index contributed by atoms with van der Waals surface area (Å²) in [6, 6.07) is 21.6. The van der Waals surface area contributed by atoms with Crippen molar-refractivity contribution in [1.82, 2.24) is 4.90 Å². The van der Waals surface area contributed by atoms with E-state index in [4.69, 9.17) is 4.74 Å². The molecule has 32 heavy (non-hydrogen) atoms. The summed E-state index contributed by atoms with van der Waals surface area (Å²) in [4.78, 5) is 27.7. The third-order valence-corrected chi connectivity index (χ3v) is 5.51. The van der Waals surface area contributed by atoms with Gasteiger partial charge < -0.3 is 15.4 Å². The molecular weight excluding hydrogens is 470 g/mol. The van der Waals surface area contributed by atoms with Gasteiger partial charge in [0.2, 0.25) is 11.8 Å². The fourth-order valence-electron chi connectivity index (χ4n) is 3.40. The number of ether oxygens (including phenoxy) is 1. The highest BCUT2D eigenvalue weighted by Crippen LogP contribution is 2.24. The zero-order chi connectivity index (χ0) is 23.1. The van der Waals surface area contributed by atoms with E-state index in [2.05, 4.69) is 26.6 Å². The molecule has 2 amide bonds. The van der Waals surface area contributed by atoms with Crippen LogP contribution in [0.1, 0.15) is 17.2 Å². The van der Waals surface area contributed by atoms with Crippen LogP contribution in [0.15, 0.2) is 77.3 Å². The highest BCUT2D eigenvalue weighted by Gasteiger charge is 2.27. The van der Waals surface area contributed by atoms with Crippen molar-refractivity contribution in [3.8, 4) is 5.75 Å². The SMILES string of the molecule is COc1ccc(NC(=O)C(c2ccccc2)N(C)CC(=O)Nc2ccc(Br)cc2C)cc1. The van der Waals surface area contributed by atoms with Crippen LogP contribution in [0.25, 0.3) is 0 Å². The normalized spacial score (nSPS) is 11.7. The Morgan fingerprint density at radius 2 is 1.69 bits per heavy atom. The molecule has 7 heteroatoms. The number of aryl methyl sites for hydroxylation is 1. The average molecular weight is 496 g/mol. The lowest BCUT2D eigenvalue weighted by Crippen LogP contribution is -2.39. The summed E-state index contributed by atoms with van der Waals surface area (Å²) in [5.41, 5.74) is 3.14. The summed E-state index contributed by atoms with van der Waals surface area (Å²) in [5, 5.41) is 5.87. The number of nitrogens with one attached hydrogen (secondary N) is 2. The quantitative estimate of drug-likeness (QED) is 0.460. The molecule has 0 saturated carbocycles. The van der Waals surface area contributed by atoms with E-state index in [9.17, 15) is 9.59 Å². The van der Waals surface area contributed by atoms with Crippen molar-refractivity contribution in [3.63, 3.8) is 0 Å². The first-order chi connectivity index (χ1) is 15.4. The van der Waals surface area contributed by atoms with Crippen LogP contribution in [0, 0.1) is 6.92 Å². The summed E-state index contributed by atoms with van der Waals surface area (Å²) >= 11 is 3.43. The Labute approximate surface area is 196 Å². The number of hydrogen-bond acceptors (Lipinski definition) is 4. The van der Waals surface area contributed by atoms with Gasteiger partial charge in [-0.2, -0.15) is 0 Å². The second kappa shape index (κ2) is 10.9. The van der Waals surface area contributed by atoms with Crippen molar-refractivity contribution >= 4 is 39.1 Å². The molecule has 3 aromatic carbocycles. The second-order valence-electron chi connectivity index (χ2n) is 7.45. The van der Waals surface area contributed by atoms with E-state index in [1.54, 1.807) is 43.3 Å². The minimum Gasteiger partial charge on any atom is -0.497 e. The molecule has 0 bridgehead atoms. The average Bonchev–Trinajstić information content (AvgIpc) is 2.77. The second-order valence-corrected chi connectivity index (χ2v) is 8.37. The molecule has 0 aliphatic heterocycles. The standard InChI is InChI=1S/C25H26BrN3O3/c1-17-15-19(26)9-14-22(17)28-23(30)16-29(2)24(18-7-5-4-6-8-18)25(31)27-20-10-12-21(32-3)13-11-20/h4-15,24H,16H2,1-3H3,(H,27,31)(H,28,30). The van der Waals surface area contributed by atoms with Gasteiger partial charge in [0.1, 0.15) is 11.8 Å². The molecule has 0 radical (unpaired) electrons. The largest absolute Gasteiger partial charge is 0.497 e. The lowest BCUT2D eigenvalue weighted by atomic mass is 10.0. The third-order valence-electron chi connectivity index (χ3n) is 5.02. The molecule has 0 aromatic heterocycles. The van der Waals surface area contributed by atoms with Crippen LogP contribution >= 0.6 is 15.9 Å². The van der Waals surface area contributed by atoms with Crippen molar-refractivity contribution in [2.75, 3.05) is 31.3 Å². The highest BCUT2D eigenvalue weighted by molar-refractivity contribution is 9.10. The van der Waals surface area contributed by atoms with Crippen LogP contribution in [0.4, 0.5) is 11.4 Å². The van der Waals surface area contributed by atoms with Gasteiger partial charge in [-0.1, -0.05) is 46.3 Å². The topological polar surface area (TPSA) is 70.7 Å². The smallest absolute Gasteiger partial charge is 0.246 e. The fourth-order valence-corrected chi connectivity index (χ4v) is 3.88. The molecule has 6 nitrogen and oxygen atoms in total. The van der Waals surface area contributed by atoms with E-state index >= 15 is 0 Å². The predicted molar refractivity (Wildman–Crippen MR) is 131 cm³/mol. The van der Waals surface area contributed by atoms with Crippen molar-refractivity contribution in [1.29, 1.82) is 0 Å². The monoisotopic (exact) mass is 495 g/mol. The Kier molecular flexibility index (Phi) is 8.03. The molecule has 0 aliphatic carbocycles. The van der Waals surface area contributed by atoms with E-state index < -0.39 is 6.04 Å². The maximum Gasteiger partial charge on any atom is 0.246 e. The van der Waals surface area contributed by atoms with Gasteiger partial charge in [0, 0.05) is 15.8 Å². The van der Waals surface area contributed by atoms with Gasteiger partial charge in [-0.3, -0.25) is 14.5 Å². The molecule has 0 spiro atoms. The van der Waals surface area contributed by atoms with E-state index in [1.165, 1.54) is 0 Å². The molecule has 0 heterocycles. The minimum atomic E-state index is -0.643. The Balaban J connectivity index is 1.75. The van der Waals surface area contributed by atoms with Gasteiger partial charge in [0.15, 0.2) is 0 Å². The van der Waals surface area contributed by atoms with Crippen LogP contribution < -0.4 is 15.4 Å². The van der Waals surface area contributed by atoms with E-state index in [-0.39, 0.29) is 18.4 Å². The number of likely N-dealkylation sites (N-methyl/N-ethyl adjacent to an activating group) is 1. The number of rotatable bonds is 8. The molecule has 2 N–H and O–H groups in total. The minimum absolute atomic E-state index is 0.0467. The summed E-state index contributed by atoms with van der Waals surface area (Å²) in [7, 11) is 3.36. The number of carbonyl (C=O) groups is 2. The van der Waals surface area contributed by atoms with E-state index in [1.807, 2.05) is 55.5 Å².